The molecule has 2 atom stereocenters. The van der Waals surface area contributed by atoms with Crippen LogP contribution in [0.15, 0.2) is 11.4 Å². The van der Waals surface area contributed by atoms with Crippen molar-refractivity contribution in [2.45, 2.75) is 45.4 Å². The second-order valence-electron chi connectivity index (χ2n) is 6.05. The Balaban J connectivity index is 1.91. The molecule has 2 heterocycles. The number of Topliss-reactive ketones (excluding diaryl/α,β-unsaturated/α-hetero) is 1. The number of nitrogens with one attached hydrogen (secondary N) is 1. The van der Waals surface area contributed by atoms with Gasteiger partial charge in [-0.05, 0) is 37.8 Å². The maximum Gasteiger partial charge on any atom is 0.224 e. The Hall–Kier alpha value is -1.24. The molecule has 0 aliphatic carbocycles. The summed E-state index contributed by atoms with van der Waals surface area (Å²) in [5, 5.41) is 4.94. The molecule has 1 aliphatic heterocycles. The Morgan fingerprint density at radius 1 is 1.45 bits per heavy atom. The van der Waals surface area contributed by atoms with Crippen molar-refractivity contribution in [1.82, 2.24) is 10.2 Å². The van der Waals surface area contributed by atoms with E-state index in [0.717, 1.165) is 18.7 Å². The van der Waals surface area contributed by atoms with Crippen LogP contribution in [0.5, 0.6) is 0 Å². The number of ketones is 1. The van der Waals surface area contributed by atoms with Gasteiger partial charge < -0.3 is 10.1 Å². The molecule has 1 amide bonds. The molecule has 0 aromatic carbocycles. The molecule has 22 heavy (non-hydrogen) atoms. The van der Waals surface area contributed by atoms with Crippen LogP contribution in [-0.4, -0.2) is 55.0 Å². The van der Waals surface area contributed by atoms with Crippen LogP contribution in [0.1, 0.15) is 36.0 Å². The van der Waals surface area contributed by atoms with Crippen molar-refractivity contribution in [2.75, 3.05) is 20.2 Å². The molecule has 2 rings (SSSR count). The van der Waals surface area contributed by atoms with Crippen molar-refractivity contribution in [1.29, 1.82) is 0 Å². The molecule has 5 nitrogen and oxygen atoms in total. The fraction of sp³-hybridized carbons (Fsp3) is 0.625. The van der Waals surface area contributed by atoms with Gasteiger partial charge in [0.05, 0.1) is 23.4 Å². The van der Waals surface area contributed by atoms with Gasteiger partial charge >= 0.3 is 0 Å². The van der Waals surface area contributed by atoms with Crippen LogP contribution in [-0.2, 0) is 16.0 Å². The number of nitrogens with zero attached hydrogens (tertiary/aromatic N) is 1. The lowest BCUT2D eigenvalue weighted by molar-refractivity contribution is -0.121. The minimum absolute atomic E-state index is 0.0193. The minimum Gasteiger partial charge on any atom is -0.378 e. The van der Waals surface area contributed by atoms with E-state index in [0.29, 0.717) is 17.3 Å². The summed E-state index contributed by atoms with van der Waals surface area (Å²) in [4.78, 5) is 26.5. The molecule has 1 saturated heterocycles. The van der Waals surface area contributed by atoms with Crippen LogP contribution in [0, 0.1) is 0 Å². The first-order valence-electron chi connectivity index (χ1n) is 7.55. The highest BCUT2D eigenvalue weighted by Crippen LogP contribution is 2.18. The van der Waals surface area contributed by atoms with Gasteiger partial charge in [0.1, 0.15) is 0 Å². The number of thiophene rings is 1. The van der Waals surface area contributed by atoms with Gasteiger partial charge in [0.2, 0.25) is 5.91 Å². The van der Waals surface area contributed by atoms with E-state index in [4.69, 9.17) is 4.74 Å². The van der Waals surface area contributed by atoms with Crippen molar-refractivity contribution in [3.63, 3.8) is 0 Å². The van der Waals surface area contributed by atoms with Gasteiger partial charge in [-0.3, -0.25) is 14.5 Å². The first-order valence-corrected chi connectivity index (χ1v) is 8.43. The lowest BCUT2D eigenvalue weighted by Crippen LogP contribution is -2.44. The summed E-state index contributed by atoms with van der Waals surface area (Å²) in [5.74, 6) is 0.0185. The molecular formula is C16H24N2O3S. The highest BCUT2D eigenvalue weighted by Gasteiger charge is 2.34. The molecule has 0 spiro atoms. The fourth-order valence-electron chi connectivity index (χ4n) is 2.70. The first-order chi connectivity index (χ1) is 10.4. The first kappa shape index (κ1) is 17.1. The van der Waals surface area contributed by atoms with E-state index in [2.05, 4.69) is 24.1 Å². The van der Waals surface area contributed by atoms with E-state index in [9.17, 15) is 9.59 Å². The molecule has 0 bridgehead atoms. The molecule has 1 aromatic heterocycles. The van der Waals surface area contributed by atoms with Gasteiger partial charge in [0.15, 0.2) is 5.78 Å². The molecular weight excluding hydrogens is 300 g/mol. The standard InChI is InChI=1S/C16H24N2O3S/c1-10(2)18-7-13(14(8-18)21-4)17-16(20)6-12-5-15(11(3)19)22-9-12/h5,9-10,13-14H,6-8H2,1-4H3,(H,17,20)/t13-,14-/m0/s1. The van der Waals surface area contributed by atoms with Crippen LogP contribution < -0.4 is 5.32 Å². The Kier molecular flexibility index (Phi) is 5.72. The van der Waals surface area contributed by atoms with Gasteiger partial charge in [0.25, 0.3) is 0 Å². The summed E-state index contributed by atoms with van der Waals surface area (Å²) in [5.41, 5.74) is 0.889. The van der Waals surface area contributed by atoms with Gasteiger partial charge in [0, 0.05) is 26.2 Å². The minimum atomic E-state index is -0.0226. The number of methoxy groups -OCH3 is 1. The zero-order valence-electron chi connectivity index (χ0n) is 13.6. The highest BCUT2D eigenvalue weighted by atomic mass is 32.1. The molecule has 122 valence electrons. The molecule has 1 fully saturated rings. The maximum absolute atomic E-state index is 12.2. The number of amides is 1. The van der Waals surface area contributed by atoms with E-state index in [1.807, 2.05) is 5.38 Å². The molecule has 6 heteroatoms. The SMILES string of the molecule is CO[C@H]1CN(C(C)C)C[C@@H]1NC(=O)Cc1csc(C(C)=O)c1. The van der Waals surface area contributed by atoms with Crippen molar-refractivity contribution in [3.8, 4) is 0 Å². The molecule has 1 aliphatic rings. The van der Waals surface area contributed by atoms with E-state index in [-0.39, 0.29) is 23.8 Å². The van der Waals surface area contributed by atoms with Crippen LogP contribution >= 0.6 is 11.3 Å². The third-order valence-corrected chi connectivity index (χ3v) is 5.12. The fourth-order valence-corrected chi connectivity index (χ4v) is 3.51. The van der Waals surface area contributed by atoms with E-state index in [1.54, 1.807) is 13.2 Å². The third kappa shape index (κ3) is 4.15. The zero-order valence-corrected chi connectivity index (χ0v) is 14.4. The zero-order chi connectivity index (χ0) is 16.3. The smallest absolute Gasteiger partial charge is 0.224 e. The van der Waals surface area contributed by atoms with Crippen molar-refractivity contribution >= 4 is 23.0 Å². The summed E-state index contributed by atoms with van der Waals surface area (Å²) in [6.45, 7) is 7.48. The van der Waals surface area contributed by atoms with Crippen molar-refractivity contribution in [3.05, 3.63) is 21.9 Å². The van der Waals surface area contributed by atoms with E-state index < -0.39 is 0 Å². The van der Waals surface area contributed by atoms with Gasteiger partial charge in [-0.25, -0.2) is 0 Å². The lowest BCUT2D eigenvalue weighted by Gasteiger charge is -2.20. The Morgan fingerprint density at radius 3 is 2.73 bits per heavy atom. The van der Waals surface area contributed by atoms with Gasteiger partial charge in [-0.1, -0.05) is 0 Å². The molecule has 0 radical (unpaired) electrons. The number of carbonyl (C=O) groups is 2. The Labute approximate surface area is 135 Å². The van der Waals surface area contributed by atoms with Crippen LogP contribution in [0.25, 0.3) is 0 Å². The Bertz CT molecular complexity index is 541. The predicted molar refractivity (Wildman–Crippen MR) is 87.5 cm³/mol. The average Bonchev–Trinajstić information content (AvgIpc) is 3.05. The maximum atomic E-state index is 12.2. The number of hydrogen-bond donors (Lipinski definition) is 1. The predicted octanol–water partition coefficient (Wildman–Crippen LogP) is 1.72. The number of likely N-dealkylation sites (tertiary alicyclic amines) is 1. The molecule has 1 aromatic rings. The second kappa shape index (κ2) is 7.35. The summed E-state index contributed by atoms with van der Waals surface area (Å²) >= 11 is 1.39. The van der Waals surface area contributed by atoms with E-state index in [1.165, 1.54) is 18.3 Å². The topological polar surface area (TPSA) is 58.6 Å². The lowest BCUT2D eigenvalue weighted by atomic mass is 10.1. The highest BCUT2D eigenvalue weighted by molar-refractivity contribution is 7.12. The quantitative estimate of drug-likeness (QED) is 0.810. The summed E-state index contributed by atoms with van der Waals surface area (Å²) < 4.78 is 5.49. The van der Waals surface area contributed by atoms with Gasteiger partial charge in [-0.2, -0.15) is 0 Å². The average molecular weight is 324 g/mol. The number of hydrogen-bond acceptors (Lipinski definition) is 5. The van der Waals surface area contributed by atoms with E-state index >= 15 is 0 Å². The normalized spacial score (nSPS) is 22.2. The molecule has 0 unspecified atom stereocenters. The third-order valence-electron chi connectivity index (χ3n) is 4.04. The number of carbonyl (C=O) groups excluding carboxylic acids is 2. The molecule has 1 N–H and O–H groups in total. The summed E-state index contributed by atoms with van der Waals surface area (Å²) in [7, 11) is 1.69. The van der Waals surface area contributed by atoms with Crippen LogP contribution in [0.2, 0.25) is 0 Å². The van der Waals surface area contributed by atoms with Gasteiger partial charge in [-0.15, -0.1) is 11.3 Å². The number of rotatable bonds is 6. The summed E-state index contributed by atoms with van der Waals surface area (Å²) in [6.07, 6.45) is 0.333. The Morgan fingerprint density at radius 2 is 2.18 bits per heavy atom. The monoisotopic (exact) mass is 324 g/mol. The summed E-state index contributed by atoms with van der Waals surface area (Å²) in [6, 6.07) is 2.26. The van der Waals surface area contributed by atoms with Crippen LogP contribution in [0.4, 0.5) is 0 Å². The number of ether oxygens (including phenoxy) is 1. The van der Waals surface area contributed by atoms with Crippen molar-refractivity contribution in [2.24, 2.45) is 0 Å². The second-order valence-corrected chi connectivity index (χ2v) is 6.96. The van der Waals surface area contributed by atoms with Crippen molar-refractivity contribution < 1.29 is 14.3 Å². The van der Waals surface area contributed by atoms with Crippen LogP contribution in [0.3, 0.4) is 0 Å². The molecule has 0 saturated carbocycles. The largest absolute Gasteiger partial charge is 0.378 e.